The Kier molecular flexibility index (Phi) is 10.4. The Morgan fingerprint density at radius 2 is 1.61 bits per heavy atom. The quantitative estimate of drug-likeness (QED) is 0.516. The lowest BCUT2D eigenvalue weighted by Crippen LogP contribution is -2.35. The second-order valence-corrected chi connectivity index (χ2v) is 7.80. The highest BCUT2D eigenvalue weighted by Crippen LogP contribution is 2.12. The van der Waals surface area contributed by atoms with Crippen LogP contribution in [-0.4, -0.2) is 43.1 Å². The molecule has 0 radical (unpaired) electrons. The number of aryl methyl sites for hydroxylation is 1. The van der Waals surface area contributed by atoms with Crippen molar-refractivity contribution >= 4 is 29.5 Å². The van der Waals surface area contributed by atoms with Gasteiger partial charge in [-0.05, 0) is 51.3 Å². The molecular formula is C20H30ClN3O4. The Labute approximate surface area is 171 Å². The number of nitrogens with one attached hydrogen (secondary N) is 3. The molecule has 0 heterocycles. The van der Waals surface area contributed by atoms with Gasteiger partial charge in [-0.2, -0.15) is 0 Å². The Balaban J connectivity index is 2.03. The lowest BCUT2D eigenvalue weighted by atomic mass is 10.1. The lowest BCUT2D eigenvalue weighted by Gasteiger charge is -2.19. The van der Waals surface area contributed by atoms with Gasteiger partial charge in [-0.25, -0.2) is 4.79 Å². The fraction of sp³-hybridized carbons (Fsp3) is 0.550. The third kappa shape index (κ3) is 12.2. The molecule has 0 atom stereocenters. The summed E-state index contributed by atoms with van der Waals surface area (Å²) < 4.78 is 5.08. The molecule has 0 aliphatic heterocycles. The molecule has 0 bridgehead atoms. The van der Waals surface area contributed by atoms with E-state index in [9.17, 15) is 14.4 Å². The summed E-state index contributed by atoms with van der Waals surface area (Å²) in [6, 6.07) is 7.45. The van der Waals surface area contributed by atoms with Crippen molar-refractivity contribution < 1.29 is 19.1 Å². The van der Waals surface area contributed by atoms with E-state index in [-0.39, 0.29) is 24.8 Å². The molecule has 3 amide bonds. The standard InChI is InChI=1S/C20H30ClN3O4/c1-20(2,3)28-19(27)24-13-10-18(26)23-12-5-11-22-17(25)9-8-15-6-4-7-16(21)14-15/h4,6-7,14H,5,8-13H2,1-3H3,(H,22,25)(H,23,26)(H,24,27). The van der Waals surface area contributed by atoms with E-state index in [0.717, 1.165) is 5.56 Å². The minimum absolute atomic E-state index is 0.0344. The van der Waals surface area contributed by atoms with Crippen LogP contribution in [0.3, 0.4) is 0 Å². The van der Waals surface area contributed by atoms with Crippen LogP contribution in [0.5, 0.6) is 0 Å². The zero-order valence-electron chi connectivity index (χ0n) is 16.8. The van der Waals surface area contributed by atoms with Gasteiger partial charge in [0.05, 0.1) is 0 Å². The highest BCUT2D eigenvalue weighted by molar-refractivity contribution is 6.30. The lowest BCUT2D eigenvalue weighted by molar-refractivity contribution is -0.121. The van der Waals surface area contributed by atoms with Gasteiger partial charge >= 0.3 is 6.09 Å². The van der Waals surface area contributed by atoms with Crippen molar-refractivity contribution in [1.82, 2.24) is 16.0 Å². The largest absolute Gasteiger partial charge is 0.444 e. The van der Waals surface area contributed by atoms with Crippen LogP contribution in [0.25, 0.3) is 0 Å². The van der Waals surface area contributed by atoms with Crippen molar-refractivity contribution in [1.29, 1.82) is 0 Å². The van der Waals surface area contributed by atoms with Crippen LogP contribution in [-0.2, 0) is 20.7 Å². The van der Waals surface area contributed by atoms with Gasteiger partial charge in [-0.1, -0.05) is 23.7 Å². The van der Waals surface area contributed by atoms with Crippen LogP contribution in [0.2, 0.25) is 5.02 Å². The van der Waals surface area contributed by atoms with Crippen LogP contribution in [0, 0.1) is 0 Å². The van der Waals surface area contributed by atoms with Crippen molar-refractivity contribution in [2.75, 3.05) is 19.6 Å². The number of rotatable bonds is 10. The fourth-order valence-electron chi connectivity index (χ4n) is 2.26. The first-order chi connectivity index (χ1) is 13.2. The van der Waals surface area contributed by atoms with E-state index in [4.69, 9.17) is 16.3 Å². The maximum absolute atomic E-state index is 11.8. The summed E-state index contributed by atoms with van der Waals surface area (Å²) in [5.74, 6) is -0.198. The molecule has 1 aromatic rings. The molecule has 0 fully saturated rings. The molecular weight excluding hydrogens is 382 g/mol. The molecule has 0 saturated heterocycles. The maximum Gasteiger partial charge on any atom is 0.407 e. The summed E-state index contributed by atoms with van der Waals surface area (Å²) in [6.07, 6.45) is 1.29. The number of alkyl carbamates (subject to hydrolysis) is 1. The molecule has 0 saturated carbocycles. The molecule has 3 N–H and O–H groups in total. The van der Waals surface area contributed by atoms with Gasteiger partial charge in [0.15, 0.2) is 0 Å². The summed E-state index contributed by atoms with van der Waals surface area (Å²) in [5.41, 5.74) is 0.458. The van der Waals surface area contributed by atoms with Gasteiger partial charge in [-0.15, -0.1) is 0 Å². The molecule has 0 aliphatic carbocycles. The van der Waals surface area contributed by atoms with Gasteiger partial charge in [0.2, 0.25) is 11.8 Å². The van der Waals surface area contributed by atoms with E-state index < -0.39 is 11.7 Å². The van der Waals surface area contributed by atoms with E-state index in [1.54, 1.807) is 26.8 Å². The topological polar surface area (TPSA) is 96.5 Å². The van der Waals surface area contributed by atoms with Crippen LogP contribution in [0.15, 0.2) is 24.3 Å². The zero-order chi connectivity index (χ0) is 21.0. The number of hydrogen-bond acceptors (Lipinski definition) is 4. The molecule has 1 rings (SSSR count). The number of amides is 3. The number of carbonyl (C=O) groups excluding carboxylic acids is 3. The SMILES string of the molecule is CC(C)(C)OC(=O)NCCC(=O)NCCCNC(=O)CCc1cccc(Cl)c1. The van der Waals surface area contributed by atoms with Gasteiger partial charge < -0.3 is 20.7 Å². The van der Waals surface area contributed by atoms with E-state index in [2.05, 4.69) is 16.0 Å². The minimum Gasteiger partial charge on any atom is -0.444 e. The van der Waals surface area contributed by atoms with Crippen LogP contribution < -0.4 is 16.0 Å². The Morgan fingerprint density at radius 3 is 2.21 bits per heavy atom. The average molecular weight is 412 g/mol. The highest BCUT2D eigenvalue weighted by atomic mass is 35.5. The molecule has 8 heteroatoms. The average Bonchev–Trinajstić information content (AvgIpc) is 2.58. The Morgan fingerprint density at radius 1 is 0.964 bits per heavy atom. The van der Waals surface area contributed by atoms with E-state index in [1.807, 2.05) is 18.2 Å². The predicted octanol–water partition coefficient (Wildman–Crippen LogP) is 2.81. The van der Waals surface area contributed by atoms with Crippen LogP contribution in [0.4, 0.5) is 4.79 Å². The summed E-state index contributed by atoms with van der Waals surface area (Å²) in [5, 5.41) is 8.76. The van der Waals surface area contributed by atoms with Crippen molar-refractivity contribution in [3.63, 3.8) is 0 Å². The number of benzene rings is 1. The number of halogens is 1. The first-order valence-corrected chi connectivity index (χ1v) is 9.78. The first-order valence-electron chi connectivity index (χ1n) is 9.40. The number of hydrogen-bond donors (Lipinski definition) is 3. The van der Waals surface area contributed by atoms with Crippen molar-refractivity contribution in [3.8, 4) is 0 Å². The molecule has 1 aromatic carbocycles. The van der Waals surface area contributed by atoms with Gasteiger partial charge in [0, 0.05) is 37.5 Å². The number of ether oxygens (including phenoxy) is 1. The second kappa shape index (κ2) is 12.2. The molecule has 0 aliphatic rings. The smallest absolute Gasteiger partial charge is 0.407 e. The fourth-order valence-corrected chi connectivity index (χ4v) is 2.48. The summed E-state index contributed by atoms with van der Waals surface area (Å²) in [6.45, 7) is 6.48. The molecule has 0 aromatic heterocycles. The van der Waals surface area contributed by atoms with E-state index in [1.165, 1.54) is 0 Å². The maximum atomic E-state index is 11.8. The molecule has 28 heavy (non-hydrogen) atoms. The molecule has 7 nitrogen and oxygen atoms in total. The summed E-state index contributed by atoms with van der Waals surface area (Å²) >= 11 is 5.91. The first kappa shape index (κ1) is 23.8. The van der Waals surface area contributed by atoms with Crippen molar-refractivity contribution in [2.24, 2.45) is 0 Å². The molecule has 0 unspecified atom stereocenters. The molecule has 0 spiro atoms. The third-order valence-electron chi connectivity index (χ3n) is 3.55. The number of carbonyl (C=O) groups is 3. The predicted molar refractivity (Wildman–Crippen MR) is 109 cm³/mol. The van der Waals surface area contributed by atoms with Gasteiger partial charge in [0.25, 0.3) is 0 Å². The van der Waals surface area contributed by atoms with E-state index in [0.29, 0.717) is 37.4 Å². The summed E-state index contributed by atoms with van der Waals surface area (Å²) in [4.78, 5) is 35.0. The summed E-state index contributed by atoms with van der Waals surface area (Å²) in [7, 11) is 0. The second-order valence-electron chi connectivity index (χ2n) is 7.36. The zero-order valence-corrected chi connectivity index (χ0v) is 17.5. The minimum atomic E-state index is -0.565. The highest BCUT2D eigenvalue weighted by Gasteiger charge is 2.15. The third-order valence-corrected chi connectivity index (χ3v) is 3.78. The Hall–Kier alpha value is -2.28. The van der Waals surface area contributed by atoms with E-state index >= 15 is 0 Å². The van der Waals surface area contributed by atoms with Gasteiger partial charge in [0.1, 0.15) is 5.60 Å². The van der Waals surface area contributed by atoms with Crippen molar-refractivity contribution in [2.45, 2.75) is 52.1 Å². The van der Waals surface area contributed by atoms with Crippen molar-refractivity contribution in [3.05, 3.63) is 34.9 Å². The normalized spacial score (nSPS) is 10.9. The van der Waals surface area contributed by atoms with Crippen LogP contribution in [0.1, 0.15) is 45.6 Å². The monoisotopic (exact) mass is 411 g/mol. The molecule has 156 valence electrons. The van der Waals surface area contributed by atoms with Gasteiger partial charge in [-0.3, -0.25) is 9.59 Å². The Bertz CT molecular complexity index is 659. The van der Waals surface area contributed by atoms with Crippen LogP contribution >= 0.6 is 11.6 Å².